The van der Waals surface area contributed by atoms with Gasteiger partial charge in [0.1, 0.15) is 11.6 Å². The quantitative estimate of drug-likeness (QED) is 0.756. The van der Waals surface area contributed by atoms with E-state index < -0.39 is 0 Å². The number of hydrogen-bond acceptors (Lipinski definition) is 3. The van der Waals surface area contributed by atoms with E-state index in [1.165, 1.54) is 11.1 Å². The van der Waals surface area contributed by atoms with Gasteiger partial charge in [-0.3, -0.25) is 0 Å². The molecule has 0 bridgehead atoms. The summed E-state index contributed by atoms with van der Waals surface area (Å²) in [5.74, 6) is 2.27. The van der Waals surface area contributed by atoms with E-state index in [1.54, 1.807) is 0 Å². The maximum Gasteiger partial charge on any atom is 0.168 e. The number of anilines is 2. The van der Waals surface area contributed by atoms with E-state index in [9.17, 15) is 0 Å². The molecule has 1 aliphatic carbocycles. The number of nitrogens with one attached hydrogen (secondary N) is 2. The minimum absolute atomic E-state index is 0.421. The van der Waals surface area contributed by atoms with Crippen LogP contribution in [0.3, 0.4) is 0 Å². The standard InChI is InChI=1S/C14H18N4/c1-9-16-13(15)14(17-9)18-12-7-6-10-4-2-3-5-11(10)8-12/h2-5,12,18H,6-8,15H2,1H3,(H,16,17). The highest BCUT2D eigenvalue weighted by Crippen LogP contribution is 2.24. The Balaban J connectivity index is 1.75. The number of hydrogen-bond donors (Lipinski definition) is 3. The number of nitrogen functional groups attached to an aromatic ring is 1. The number of imidazole rings is 1. The molecule has 0 saturated heterocycles. The molecule has 1 atom stereocenters. The van der Waals surface area contributed by atoms with Crippen LogP contribution in [0.4, 0.5) is 11.6 Å². The van der Waals surface area contributed by atoms with Crippen LogP contribution in [0.25, 0.3) is 0 Å². The first kappa shape index (κ1) is 11.1. The molecule has 0 fully saturated rings. The molecular formula is C14H18N4. The van der Waals surface area contributed by atoms with Crippen molar-refractivity contribution in [2.24, 2.45) is 0 Å². The van der Waals surface area contributed by atoms with Crippen molar-refractivity contribution in [3.8, 4) is 0 Å². The SMILES string of the molecule is Cc1nc(NC2CCc3ccccc3C2)c(N)[nH]1. The second kappa shape index (κ2) is 4.37. The zero-order valence-electron chi connectivity index (χ0n) is 10.5. The average Bonchev–Trinajstić information content (AvgIpc) is 2.68. The second-order valence-corrected chi connectivity index (χ2v) is 4.94. The summed E-state index contributed by atoms with van der Waals surface area (Å²) in [7, 11) is 0. The van der Waals surface area contributed by atoms with Crippen molar-refractivity contribution in [1.82, 2.24) is 9.97 Å². The Morgan fingerprint density at radius 2 is 2.11 bits per heavy atom. The van der Waals surface area contributed by atoms with Gasteiger partial charge in [-0.1, -0.05) is 24.3 Å². The lowest BCUT2D eigenvalue weighted by atomic mass is 9.88. The summed E-state index contributed by atoms with van der Waals surface area (Å²) in [6, 6.07) is 9.07. The maximum absolute atomic E-state index is 5.87. The fraction of sp³-hybridized carbons (Fsp3) is 0.357. The van der Waals surface area contributed by atoms with Crippen LogP contribution in [0.5, 0.6) is 0 Å². The van der Waals surface area contributed by atoms with Crippen molar-refractivity contribution >= 4 is 11.6 Å². The van der Waals surface area contributed by atoms with Gasteiger partial charge in [0.2, 0.25) is 0 Å². The summed E-state index contributed by atoms with van der Waals surface area (Å²) >= 11 is 0. The zero-order chi connectivity index (χ0) is 12.5. The predicted molar refractivity (Wildman–Crippen MR) is 73.6 cm³/mol. The number of rotatable bonds is 2. The molecule has 2 aromatic rings. The lowest BCUT2D eigenvalue weighted by molar-refractivity contribution is 0.609. The van der Waals surface area contributed by atoms with E-state index in [0.29, 0.717) is 11.9 Å². The first-order valence-corrected chi connectivity index (χ1v) is 6.38. The normalized spacial score (nSPS) is 18.4. The van der Waals surface area contributed by atoms with Crippen LogP contribution in [-0.4, -0.2) is 16.0 Å². The predicted octanol–water partition coefficient (Wildman–Crippen LogP) is 2.27. The minimum atomic E-state index is 0.421. The highest BCUT2D eigenvalue weighted by Gasteiger charge is 2.19. The van der Waals surface area contributed by atoms with Gasteiger partial charge >= 0.3 is 0 Å². The molecule has 1 unspecified atom stereocenters. The van der Waals surface area contributed by atoms with E-state index in [1.807, 2.05) is 6.92 Å². The molecule has 0 spiro atoms. The van der Waals surface area contributed by atoms with Crippen LogP contribution in [-0.2, 0) is 12.8 Å². The topological polar surface area (TPSA) is 66.7 Å². The first-order valence-electron chi connectivity index (χ1n) is 6.38. The molecule has 0 saturated carbocycles. The molecule has 1 aliphatic rings. The molecule has 4 nitrogen and oxygen atoms in total. The van der Waals surface area contributed by atoms with E-state index in [2.05, 4.69) is 39.6 Å². The van der Waals surface area contributed by atoms with Gasteiger partial charge in [-0.05, 0) is 37.3 Å². The number of benzene rings is 1. The summed E-state index contributed by atoms with van der Waals surface area (Å²) in [5.41, 5.74) is 8.78. The van der Waals surface area contributed by atoms with Gasteiger partial charge in [-0.25, -0.2) is 4.98 Å². The fourth-order valence-electron chi connectivity index (χ4n) is 2.63. The Kier molecular flexibility index (Phi) is 2.70. The van der Waals surface area contributed by atoms with Crippen LogP contribution in [0, 0.1) is 6.92 Å². The molecule has 4 heteroatoms. The lowest BCUT2D eigenvalue weighted by Crippen LogP contribution is -2.27. The summed E-state index contributed by atoms with van der Waals surface area (Å²) in [6.07, 6.45) is 3.29. The third-order valence-corrected chi connectivity index (χ3v) is 3.54. The Hall–Kier alpha value is -1.97. The van der Waals surface area contributed by atoms with Gasteiger partial charge in [0.25, 0.3) is 0 Å². The number of aromatic amines is 1. The lowest BCUT2D eigenvalue weighted by Gasteiger charge is -2.25. The third-order valence-electron chi connectivity index (χ3n) is 3.54. The second-order valence-electron chi connectivity index (χ2n) is 4.94. The van der Waals surface area contributed by atoms with Gasteiger partial charge in [0.15, 0.2) is 5.82 Å². The molecule has 0 radical (unpaired) electrons. The smallest absolute Gasteiger partial charge is 0.168 e. The summed E-state index contributed by atoms with van der Waals surface area (Å²) in [6.45, 7) is 1.91. The number of H-pyrrole nitrogens is 1. The molecule has 0 aliphatic heterocycles. The molecule has 94 valence electrons. The van der Waals surface area contributed by atoms with Gasteiger partial charge in [0.05, 0.1) is 0 Å². The van der Waals surface area contributed by atoms with Gasteiger partial charge in [-0.2, -0.15) is 0 Å². The van der Waals surface area contributed by atoms with Crippen LogP contribution in [0.2, 0.25) is 0 Å². The molecule has 4 N–H and O–H groups in total. The Labute approximate surface area is 107 Å². The number of fused-ring (bicyclic) bond motifs is 1. The Morgan fingerprint density at radius 1 is 1.33 bits per heavy atom. The fourth-order valence-corrected chi connectivity index (χ4v) is 2.63. The maximum atomic E-state index is 5.87. The van der Waals surface area contributed by atoms with E-state index in [-0.39, 0.29) is 0 Å². The van der Waals surface area contributed by atoms with E-state index >= 15 is 0 Å². The molecule has 1 aromatic heterocycles. The van der Waals surface area contributed by atoms with Crippen molar-refractivity contribution in [3.63, 3.8) is 0 Å². The van der Waals surface area contributed by atoms with Crippen molar-refractivity contribution in [1.29, 1.82) is 0 Å². The van der Waals surface area contributed by atoms with Gasteiger partial charge < -0.3 is 16.0 Å². The third kappa shape index (κ3) is 2.06. The minimum Gasteiger partial charge on any atom is -0.382 e. The largest absolute Gasteiger partial charge is 0.382 e. The number of nitrogens with two attached hydrogens (primary N) is 1. The van der Waals surface area contributed by atoms with Crippen LogP contribution >= 0.6 is 0 Å². The Morgan fingerprint density at radius 3 is 2.83 bits per heavy atom. The summed E-state index contributed by atoms with van der Waals surface area (Å²) in [5, 5.41) is 3.44. The van der Waals surface area contributed by atoms with Crippen molar-refractivity contribution in [3.05, 3.63) is 41.2 Å². The number of aryl methyl sites for hydroxylation is 2. The van der Waals surface area contributed by atoms with Crippen molar-refractivity contribution < 1.29 is 0 Å². The molecule has 0 amide bonds. The van der Waals surface area contributed by atoms with Crippen LogP contribution in [0.1, 0.15) is 23.4 Å². The molecular weight excluding hydrogens is 224 g/mol. The number of aromatic nitrogens is 2. The van der Waals surface area contributed by atoms with Gasteiger partial charge in [0, 0.05) is 6.04 Å². The van der Waals surface area contributed by atoms with Crippen molar-refractivity contribution in [2.75, 3.05) is 11.1 Å². The van der Waals surface area contributed by atoms with Crippen LogP contribution < -0.4 is 11.1 Å². The summed E-state index contributed by atoms with van der Waals surface area (Å²) in [4.78, 5) is 7.39. The molecule has 18 heavy (non-hydrogen) atoms. The van der Waals surface area contributed by atoms with Gasteiger partial charge in [-0.15, -0.1) is 0 Å². The zero-order valence-corrected chi connectivity index (χ0v) is 10.5. The first-order chi connectivity index (χ1) is 8.72. The van der Waals surface area contributed by atoms with E-state index in [4.69, 9.17) is 5.73 Å². The highest BCUT2D eigenvalue weighted by molar-refractivity contribution is 5.57. The van der Waals surface area contributed by atoms with Crippen molar-refractivity contribution in [2.45, 2.75) is 32.2 Å². The summed E-state index contributed by atoms with van der Waals surface area (Å²) < 4.78 is 0. The molecule has 1 heterocycles. The monoisotopic (exact) mass is 242 g/mol. The highest BCUT2D eigenvalue weighted by atomic mass is 15.1. The Bertz CT molecular complexity index is 559. The van der Waals surface area contributed by atoms with Crippen LogP contribution in [0.15, 0.2) is 24.3 Å². The number of nitrogens with zero attached hydrogens (tertiary/aromatic N) is 1. The molecule has 1 aromatic carbocycles. The molecule has 3 rings (SSSR count). The average molecular weight is 242 g/mol. The van der Waals surface area contributed by atoms with E-state index in [0.717, 1.165) is 30.9 Å².